The third-order valence-electron chi connectivity index (χ3n) is 5.26. The average molecular weight is 435 g/mol. The fraction of sp³-hybridized carbons (Fsp3) is 0.0385. The lowest BCUT2D eigenvalue weighted by molar-refractivity contribution is 0.197. The molecule has 0 saturated heterocycles. The van der Waals surface area contributed by atoms with Crippen LogP contribution in [-0.2, 0) is 6.61 Å². The van der Waals surface area contributed by atoms with E-state index < -0.39 is 6.09 Å². The van der Waals surface area contributed by atoms with Gasteiger partial charge in [-0.25, -0.2) is 4.79 Å². The van der Waals surface area contributed by atoms with Gasteiger partial charge in [0.25, 0.3) is 0 Å². The van der Waals surface area contributed by atoms with E-state index >= 15 is 0 Å². The smallest absolute Gasteiger partial charge is 0.415 e. The standard InChI is InChI=1S/C26H17N3O4/c27-15-19-13-21-22(14-25(19)32-16-17-4-2-1-3-5-17)28-10-8-24(21)33-20-6-7-23-18(12-20)9-11-29(23)26(30)31/h1-14H,16H2,(H,30,31). The van der Waals surface area contributed by atoms with Crippen LogP contribution in [0.25, 0.3) is 21.8 Å². The summed E-state index contributed by atoms with van der Waals surface area (Å²) in [5.74, 6) is 1.53. The maximum absolute atomic E-state index is 11.3. The van der Waals surface area contributed by atoms with Crippen molar-refractivity contribution < 1.29 is 19.4 Å². The van der Waals surface area contributed by atoms with Gasteiger partial charge in [0.1, 0.15) is 29.9 Å². The van der Waals surface area contributed by atoms with E-state index in [0.29, 0.717) is 45.8 Å². The van der Waals surface area contributed by atoms with Crippen molar-refractivity contribution in [3.63, 3.8) is 0 Å². The van der Waals surface area contributed by atoms with Gasteiger partial charge in [-0.05, 0) is 42.0 Å². The molecule has 0 aliphatic rings. The third-order valence-corrected chi connectivity index (χ3v) is 5.26. The van der Waals surface area contributed by atoms with Crippen molar-refractivity contribution in [2.45, 2.75) is 6.61 Å². The first kappa shape index (κ1) is 20.1. The Morgan fingerprint density at radius 3 is 2.67 bits per heavy atom. The Morgan fingerprint density at radius 2 is 1.88 bits per heavy atom. The van der Waals surface area contributed by atoms with Gasteiger partial charge in [-0.2, -0.15) is 5.26 Å². The summed E-state index contributed by atoms with van der Waals surface area (Å²) >= 11 is 0. The van der Waals surface area contributed by atoms with Gasteiger partial charge in [0.15, 0.2) is 0 Å². The maximum atomic E-state index is 11.3. The first-order valence-corrected chi connectivity index (χ1v) is 10.1. The first-order chi connectivity index (χ1) is 16.1. The Kier molecular flexibility index (Phi) is 5.09. The lowest BCUT2D eigenvalue weighted by Crippen LogP contribution is -2.05. The molecule has 0 spiro atoms. The Balaban J connectivity index is 1.47. The molecule has 7 heteroatoms. The number of rotatable bonds is 5. The molecule has 0 saturated carbocycles. The van der Waals surface area contributed by atoms with Crippen molar-refractivity contribution in [2.24, 2.45) is 0 Å². The molecule has 3 aromatic carbocycles. The summed E-state index contributed by atoms with van der Waals surface area (Å²) in [5.41, 5.74) is 2.58. The number of nitrogens with zero attached hydrogens (tertiary/aromatic N) is 3. The lowest BCUT2D eigenvalue weighted by Gasteiger charge is -2.12. The number of fused-ring (bicyclic) bond motifs is 2. The van der Waals surface area contributed by atoms with Gasteiger partial charge >= 0.3 is 6.09 Å². The maximum Gasteiger partial charge on any atom is 0.415 e. The third kappa shape index (κ3) is 3.93. The van der Waals surface area contributed by atoms with Crippen LogP contribution in [0.15, 0.2) is 85.2 Å². The van der Waals surface area contributed by atoms with Crippen molar-refractivity contribution in [1.29, 1.82) is 5.26 Å². The van der Waals surface area contributed by atoms with Crippen LogP contribution < -0.4 is 9.47 Å². The molecule has 160 valence electrons. The second-order valence-corrected chi connectivity index (χ2v) is 7.35. The molecule has 0 unspecified atom stereocenters. The quantitative estimate of drug-likeness (QED) is 0.366. The molecule has 2 heterocycles. The van der Waals surface area contributed by atoms with Crippen molar-refractivity contribution in [3.8, 4) is 23.3 Å². The highest BCUT2D eigenvalue weighted by Crippen LogP contribution is 2.34. The number of hydrogen-bond acceptors (Lipinski definition) is 5. The average Bonchev–Trinajstić information content (AvgIpc) is 3.27. The second kappa shape index (κ2) is 8.36. The zero-order valence-corrected chi connectivity index (χ0v) is 17.3. The Labute approximate surface area is 188 Å². The fourth-order valence-electron chi connectivity index (χ4n) is 3.66. The minimum Gasteiger partial charge on any atom is -0.487 e. The van der Waals surface area contributed by atoms with Gasteiger partial charge < -0.3 is 14.6 Å². The van der Waals surface area contributed by atoms with Crippen LogP contribution in [-0.4, -0.2) is 20.8 Å². The van der Waals surface area contributed by atoms with E-state index in [2.05, 4.69) is 11.1 Å². The van der Waals surface area contributed by atoms with E-state index in [1.807, 2.05) is 30.3 Å². The molecule has 5 rings (SSSR count). The summed E-state index contributed by atoms with van der Waals surface area (Å²) < 4.78 is 13.1. The summed E-state index contributed by atoms with van der Waals surface area (Å²) in [6, 6.07) is 23.9. The molecular formula is C26H17N3O4. The summed E-state index contributed by atoms with van der Waals surface area (Å²) in [7, 11) is 0. The molecular weight excluding hydrogens is 418 g/mol. The molecule has 0 atom stereocenters. The molecule has 7 nitrogen and oxygen atoms in total. The van der Waals surface area contributed by atoms with Gasteiger partial charge in [-0.1, -0.05) is 30.3 Å². The number of hydrogen-bond donors (Lipinski definition) is 1. The number of ether oxygens (including phenoxy) is 2. The van der Waals surface area contributed by atoms with E-state index in [0.717, 1.165) is 15.5 Å². The minimum atomic E-state index is -1.05. The Hall–Kier alpha value is -4.83. The molecule has 0 radical (unpaired) electrons. The van der Waals surface area contributed by atoms with Crippen molar-refractivity contribution >= 4 is 27.9 Å². The summed E-state index contributed by atoms with van der Waals surface area (Å²) in [6.07, 6.45) is 2.08. The fourth-order valence-corrected chi connectivity index (χ4v) is 3.66. The van der Waals surface area contributed by atoms with Crippen LogP contribution in [0.2, 0.25) is 0 Å². The van der Waals surface area contributed by atoms with Gasteiger partial charge in [0.2, 0.25) is 0 Å². The van der Waals surface area contributed by atoms with Crippen molar-refractivity contribution in [3.05, 3.63) is 96.3 Å². The van der Waals surface area contributed by atoms with E-state index in [-0.39, 0.29) is 0 Å². The molecule has 0 aliphatic carbocycles. The number of carbonyl (C=O) groups is 1. The van der Waals surface area contributed by atoms with Crippen LogP contribution in [0.5, 0.6) is 17.2 Å². The number of aromatic nitrogens is 2. The highest BCUT2D eigenvalue weighted by atomic mass is 16.5. The number of carboxylic acid groups (broad SMARTS) is 1. The van der Waals surface area contributed by atoms with Crippen LogP contribution in [0.3, 0.4) is 0 Å². The van der Waals surface area contributed by atoms with E-state index in [4.69, 9.17) is 9.47 Å². The van der Waals surface area contributed by atoms with Crippen LogP contribution in [0, 0.1) is 11.3 Å². The van der Waals surface area contributed by atoms with Gasteiger partial charge in [0.05, 0.1) is 16.6 Å². The topological polar surface area (TPSA) is 97.4 Å². The normalized spacial score (nSPS) is 10.8. The highest BCUT2D eigenvalue weighted by Gasteiger charge is 2.13. The van der Waals surface area contributed by atoms with Crippen LogP contribution in [0.1, 0.15) is 11.1 Å². The lowest BCUT2D eigenvalue weighted by atomic mass is 10.1. The predicted octanol–water partition coefficient (Wildman–Crippen LogP) is 5.96. The van der Waals surface area contributed by atoms with Crippen LogP contribution >= 0.6 is 0 Å². The molecule has 0 amide bonds. The van der Waals surface area contributed by atoms with Gasteiger partial charge in [-0.3, -0.25) is 9.55 Å². The Morgan fingerprint density at radius 1 is 1.03 bits per heavy atom. The highest BCUT2D eigenvalue weighted by molar-refractivity contribution is 5.90. The zero-order valence-electron chi connectivity index (χ0n) is 17.3. The predicted molar refractivity (Wildman–Crippen MR) is 123 cm³/mol. The summed E-state index contributed by atoms with van der Waals surface area (Å²) in [4.78, 5) is 15.7. The van der Waals surface area contributed by atoms with Crippen molar-refractivity contribution in [1.82, 2.24) is 9.55 Å². The second-order valence-electron chi connectivity index (χ2n) is 7.35. The van der Waals surface area contributed by atoms with Gasteiger partial charge in [0, 0.05) is 29.2 Å². The van der Waals surface area contributed by atoms with E-state index in [9.17, 15) is 15.2 Å². The molecule has 2 aromatic heterocycles. The van der Waals surface area contributed by atoms with Gasteiger partial charge in [-0.15, -0.1) is 0 Å². The van der Waals surface area contributed by atoms with Crippen LogP contribution in [0.4, 0.5) is 4.79 Å². The SMILES string of the molecule is N#Cc1cc2c(Oc3ccc4c(ccn4C(=O)O)c3)ccnc2cc1OCc1ccccc1. The number of pyridine rings is 1. The molecule has 33 heavy (non-hydrogen) atoms. The molecule has 5 aromatic rings. The molecule has 0 aliphatic heterocycles. The monoisotopic (exact) mass is 435 g/mol. The first-order valence-electron chi connectivity index (χ1n) is 10.1. The molecule has 0 fully saturated rings. The largest absolute Gasteiger partial charge is 0.487 e. The number of nitriles is 1. The minimum absolute atomic E-state index is 0.340. The van der Waals surface area contributed by atoms with Crippen molar-refractivity contribution in [2.75, 3.05) is 0 Å². The summed E-state index contributed by atoms with van der Waals surface area (Å²) in [5, 5.41) is 20.3. The summed E-state index contributed by atoms with van der Waals surface area (Å²) in [6.45, 7) is 0.340. The zero-order chi connectivity index (χ0) is 22.8. The van der Waals surface area contributed by atoms with E-state index in [1.54, 1.807) is 48.7 Å². The molecule has 1 N–H and O–H groups in total. The molecule has 0 bridgehead atoms. The number of benzene rings is 3. The Bertz CT molecular complexity index is 1530. The van der Waals surface area contributed by atoms with E-state index in [1.165, 1.54) is 6.20 Å².